The summed E-state index contributed by atoms with van der Waals surface area (Å²) in [5.41, 5.74) is 4.67. The molecule has 0 fully saturated rings. The van der Waals surface area contributed by atoms with Gasteiger partial charge < -0.3 is 9.67 Å². The molecule has 0 saturated carbocycles. The van der Waals surface area contributed by atoms with Gasteiger partial charge in [-0.3, -0.25) is 4.79 Å². The van der Waals surface area contributed by atoms with Crippen LogP contribution in [0.4, 0.5) is 0 Å². The zero-order valence-corrected chi connectivity index (χ0v) is 11.8. The first-order valence-corrected chi connectivity index (χ1v) is 6.86. The third-order valence-corrected chi connectivity index (χ3v) is 4.72. The Labute approximate surface area is 116 Å². The minimum atomic E-state index is -0.687. The van der Waals surface area contributed by atoms with Crippen LogP contribution in [-0.2, 0) is 24.7 Å². The van der Waals surface area contributed by atoms with Gasteiger partial charge in [0, 0.05) is 23.2 Å². The van der Waals surface area contributed by atoms with E-state index in [1.807, 2.05) is 26.1 Å². The lowest BCUT2D eigenvalue weighted by atomic mass is 9.86. The summed E-state index contributed by atoms with van der Waals surface area (Å²) in [6.07, 6.45) is 2.18. The second kappa shape index (κ2) is 4.27. The summed E-state index contributed by atoms with van der Waals surface area (Å²) >= 11 is 6.19. The summed E-state index contributed by atoms with van der Waals surface area (Å²) in [5.74, 6) is -0.942. The highest BCUT2D eigenvalue weighted by Crippen LogP contribution is 2.36. The molecule has 1 atom stereocenters. The van der Waals surface area contributed by atoms with Crippen molar-refractivity contribution in [1.29, 1.82) is 0 Å². The molecule has 0 spiro atoms. The van der Waals surface area contributed by atoms with Crippen LogP contribution < -0.4 is 0 Å². The standard InChI is InChI=1S/C15H16ClNO2/c1-8-12(16)5-4-10-11-7-9(15(18)19)3-6-13(11)17(2)14(8)10/h4-5,9H,3,6-7H2,1-2H3,(H,18,19). The Morgan fingerprint density at radius 1 is 1.47 bits per heavy atom. The Balaban J connectivity index is 2.25. The maximum absolute atomic E-state index is 11.2. The summed E-state index contributed by atoms with van der Waals surface area (Å²) in [6.45, 7) is 2.02. The highest BCUT2D eigenvalue weighted by molar-refractivity contribution is 6.32. The van der Waals surface area contributed by atoms with E-state index in [-0.39, 0.29) is 5.92 Å². The predicted molar refractivity (Wildman–Crippen MR) is 75.8 cm³/mol. The molecular formula is C15H16ClNO2. The lowest BCUT2D eigenvalue weighted by Crippen LogP contribution is -2.22. The predicted octanol–water partition coefficient (Wildman–Crippen LogP) is 3.33. The van der Waals surface area contributed by atoms with Gasteiger partial charge in [0.2, 0.25) is 0 Å². The first-order valence-electron chi connectivity index (χ1n) is 6.48. The third kappa shape index (κ3) is 1.76. The van der Waals surface area contributed by atoms with Crippen molar-refractivity contribution in [2.75, 3.05) is 0 Å². The van der Waals surface area contributed by atoms with Gasteiger partial charge in [-0.15, -0.1) is 0 Å². The van der Waals surface area contributed by atoms with E-state index in [0.717, 1.165) is 34.3 Å². The number of halogens is 1. The van der Waals surface area contributed by atoms with Gasteiger partial charge in [-0.2, -0.15) is 0 Å². The molecule has 1 unspecified atom stereocenters. The number of rotatable bonds is 1. The third-order valence-electron chi connectivity index (χ3n) is 4.31. The fraction of sp³-hybridized carbons (Fsp3) is 0.400. The molecule has 19 heavy (non-hydrogen) atoms. The number of carboxylic acids is 1. The van der Waals surface area contributed by atoms with Crippen LogP contribution in [0.1, 0.15) is 23.2 Å². The van der Waals surface area contributed by atoms with Gasteiger partial charge in [-0.25, -0.2) is 0 Å². The molecule has 0 aliphatic heterocycles. The van der Waals surface area contributed by atoms with Crippen molar-refractivity contribution in [1.82, 2.24) is 4.57 Å². The molecule has 1 aromatic heterocycles. The van der Waals surface area contributed by atoms with Crippen LogP contribution in [0.5, 0.6) is 0 Å². The first-order chi connectivity index (χ1) is 9.00. The topological polar surface area (TPSA) is 42.2 Å². The summed E-state index contributed by atoms with van der Waals surface area (Å²) in [4.78, 5) is 11.2. The summed E-state index contributed by atoms with van der Waals surface area (Å²) in [7, 11) is 2.05. The molecule has 1 N–H and O–H groups in total. The van der Waals surface area contributed by atoms with Crippen molar-refractivity contribution in [3.8, 4) is 0 Å². The van der Waals surface area contributed by atoms with Gasteiger partial charge in [0.05, 0.1) is 11.4 Å². The Morgan fingerprint density at radius 3 is 2.89 bits per heavy atom. The van der Waals surface area contributed by atoms with Crippen molar-refractivity contribution in [2.45, 2.75) is 26.2 Å². The van der Waals surface area contributed by atoms with E-state index in [1.54, 1.807) is 0 Å². The van der Waals surface area contributed by atoms with Crippen LogP contribution in [0, 0.1) is 12.8 Å². The molecule has 0 radical (unpaired) electrons. The minimum absolute atomic E-state index is 0.255. The second-order valence-corrected chi connectivity index (χ2v) is 5.74. The number of hydrogen-bond donors (Lipinski definition) is 1. The Morgan fingerprint density at radius 2 is 2.21 bits per heavy atom. The van der Waals surface area contributed by atoms with Gasteiger partial charge in [0.25, 0.3) is 0 Å². The highest BCUT2D eigenvalue weighted by Gasteiger charge is 2.28. The van der Waals surface area contributed by atoms with Crippen molar-refractivity contribution in [3.63, 3.8) is 0 Å². The average Bonchev–Trinajstić information content (AvgIpc) is 2.67. The maximum Gasteiger partial charge on any atom is 0.306 e. The van der Waals surface area contributed by atoms with Crippen LogP contribution in [-0.4, -0.2) is 15.6 Å². The van der Waals surface area contributed by atoms with E-state index in [1.165, 1.54) is 11.3 Å². The van der Waals surface area contributed by atoms with Crippen LogP contribution in [0.15, 0.2) is 12.1 Å². The normalized spacial score (nSPS) is 18.6. The largest absolute Gasteiger partial charge is 0.481 e. The number of aryl methyl sites for hydroxylation is 2. The molecule has 100 valence electrons. The molecule has 3 nitrogen and oxygen atoms in total. The SMILES string of the molecule is Cc1c(Cl)ccc2c3c(n(C)c12)CCC(C(=O)O)C3. The van der Waals surface area contributed by atoms with E-state index >= 15 is 0 Å². The van der Waals surface area contributed by atoms with E-state index < -0.39 is 5.97 Å². The van der Waals surface area contributed by atoms with Gasteiger partial charge in [0.15, 0.2) is 0 Å². The number of hydrogen-bond acceptors (Lipinski definition) is 1. The molecule has 0 saturated heterocycles. The van der Waals surface area contributed by atoms with Gasteiger partial charge in [0.1, 0.15) is 0 Å². The molecule has 0 bridgehead atoms. The smallest absolute Gasteiger partial charge is 0.306 e. The number of aromatic nitrogens is 1. The molecule has 1 heterocycles. The molecular weight excluding hydrogens is 262 g/mol. The van der Waals surface area contributed by atoms with Crippen LogP contribution in [0.25, 0.3) is 10.9 Å². The van der Waals surface area contributed by atoms with Crippen molar-refractivity contribution >= 4 is 28.5 Å². The number of aliphatic carboxylic acids is 1. The lowest BCUT2D eigenvalue weighted by Gasteiger charge is -2.19. The molecule has 1 aromatic carbocycles. The molecule has 2 aromatic rings. The molecule has 0 amide bonds. The first kappa shape index (κ1) is 12.5. The quantitative estimate of drug-likeness (QED) is 0.869. The zero-order chi connectivity index (χ0) is 13.7. The number of carbonyl (C=O) groups is 1. The second-order valence-electron chi connectivity index (χ2n) is 5.33. The van der Waals surface area contributed by atoms with Gasteiger partial charge in [-0.05, 0) is 43.4 Å². The van der Waals surface area contributed by atoms with E-state index in [2.05, 4.69) is 4.57 Å². The van der Waals surface area contributed by atoms with Crippen molar-refractivity contribution in [2.24, 2.45) is 13.0 Å². The summed E-state index contributed by atoms with van der Waals surface area (Å²) in [6, 6.07) is 3.93. The fourth-order valence-electron chi connectivity index (χ4n) is 3.26. The highest BCUT2D eigenvalue weighted by atomic mass is 35.5. The van der Waals surface area contributed by atoms with E-state index in [9.17, 15) is 9.90 Å². The number of fused-ring (bicyclic) bond motifs is 3. The molecule has 4 heteroatoms. The minimum Gasteiger partial charge on any atom is -0.481 e. The summed E-state index contributed by atoms with van der Waals surface area (Å²) < 4.78 is 2.18. The number of benzene rings is 1. The van der Waals surface area contributed by atoms with E-state index in [4.69, 9.17) is 11.6 Å². The Kier molecular flexibility index (Phi) is 2.82. The van der Waals surface area contributed by atoms with Crippen LogP contribution in [0.2, 0.25) is 5.02 Å². The molecule has 1 aliphatic rings. The zero-order valence-electron chi connectivity index (χ0n) is 11.0. The van der Waals surface area contributed by atoms with Gasteiger partial charge in [-0.1, -0.05) is 17.7 Å². The average molecular weight is 278 g/mol. The van der Waals surface area contributed by atoms with Crippen LogP contribution >= 0.6 is 11.6 Å². The summed E-state index contributed by atoms with van der Waals surface area (Å²) in [5, 5.41) is 11.1. The molecule has 1 aliphatic carbocycles. The number of carboxylic acid groups (broad SMARTS) is 1. The molecule has 3 rings (SSSR count). The van der Waals surface area contributed by atoms with Crippen LogP contribution in [0.3, 0.4) is 0 Å². The van der Waals surface area contributed by atoms with Crippen molar-refractivity contribution in [3.05, 3.63) is 34.0 Å². The Hall–Kier alpha value is -1.48. The van der Waals surface area contributed by atoms with Crippen molar-refractivity contribution < 1.29 is 9.90 Å². The Bertz CT molecular complexity index is 687. The van der Waals surface area contributed by atoms with Gasteiger partial charge >= 0.3 is 5.97 Å². The number of nitrogens with zero attached hydrogens (tertiary/aromatic N) is 1. The monoisotopic (exact) mass is 277 g/mol. The fourth-order valence-corrected chi connectivity index (χ4v) is 3.41. The lowest BCUT2D eigenvalue weighted by molar-refractivity contribution is -0.142. The van der Waals surface area contributed by atoms with E-state index in [0.29, 0.717) is 6.42 Å². The maximum atomic E-state index is 11.2.